The van der Waals surface area contributed by atoms with E-state index in [-0.39, 0.29) is 12.6 Å². The van der Waals surface area contributed by atoms with Crippen LogP contribution in [0.2, 0.25) is 0 Å². The van der Waals surface area contributed by atoms with Gasteiger partial charge in [0.05, 0.1) is 12.6 Å². The zero-order valence-electron chi connectivity index (χ0n) is 8.13. The lowest BCUT2D eigenvalue weighted by atomic mass is 10.2. The molecule has 4 nitrogen and oxygen atoms in total. The Bertz CT molecular complexity index is 240. The predicted octanol–water partition coefficient (Wildman–Crippen LogP) is -0.174. The average Bonchev–Trinajstić information content (AvgIpc) is 2.81. The second-order valence-corrected chi connectivity index (χ2v) is 3.78. The Balaban J connectivity index is 2.47. The summed E-state index contributed by atoms with van der Waals surface area (Å²) in [5.74, 6) is -0.775. The fraction of sp³-hybridized carbons (Fsp3) is 0.875. The SMILES string of the molecule is NC(=O)C(N)CN(CC(F)(F)F)C1CC1. The highest BCUT2D eigenvalue weighted by molar-refractivity contribution is 5.79. The smallest absolute Gasteiger partial charge is 0.368 e. The first-order valence-electron chi connectivity index (χ1n) is 4.65. The Morgan fingerprint density at radius 3 is 2.33 bits per heavy atom. The summed E-state index contributed by atoms with van der Waals surface area (Å²) in [6.45, 7) is -1.15. The number of rotatable bonds is 5. The summed E-state index contributed by atoms with van der Waals surface area (Å²) in [5.41, 5.74) is 10.2. The van der Waals surface area contributed by atoms with E-state index >= 15 is 0 Å². The minimum atomic E-state index is -4.26. The van der Waals surface area contributed by atoms with Gasteiger partial charge in [-0.25, -0.2) is 0 Å². The van der Waals surface area contributed by atoms with Gasteiger partial charge in [0.1, 0.15) is 0 Å². The second kappa shape index (κ2) is 4.36. The highest BCUT2D eigenvalue weighted by atomic mass is 19.4. The molecule has 1 amide bonds. The minimum Gasteiger partial charge on any atom is -0.368 e. The van der Waals surface area contributed by atoms with Crippen LogP contribution in [0.3, 0.4) is 0 Å². The molecule has 7 heteroatoms. The van der Waals surface area contributed by atoms with Crippen molar-refractivity contribution >= 4 is 5.91 Å². The van der Waals surface area contributed by atoms with E-state index in [0.717, 1.165) is 12.8 Å². The van der Waals surface area contributed by atoms with Gasteiger partial charge in [-0.2, -0.15) is 13.2 Å². The quantitative estimate of drug-likeness (QED) is 0.682. The van der Waals surface area contributed by atoms with E-state index in [4.69, 9.17) is 11.5 Å². The van der Waals surface area contributed by atoms with Gasteiger partial charge in [0.2, 0.25) is 5.91 Å². The summed E-state index contributed by atoms with van der Waals surface area (Å²) in [6.07, 6.45) is -2.82. The molecular formula is C8H14F3N3O. The summed E-state index contributed by atoms with van der Waals surface area (Å²) in [6, 6.07) is -1.13. The molecule has 0 heterocycles. The molecule has 0 spiro atoms. The third-order valence-corrected chi connectivity index (χ3v) is 2.24. The van der Waals surface area contributed by atoms with Gasteiger partial charge >= 0.3 is 6.18 Å². The van der Waals surface area contributed by atoms with E-state index in [1.807, 2.05) is 0 Å². The molecule has 1 aliphatic carbocycles. The number of nitrogens with two attached hydrogens (primary N) is 2. The lowest BCUT2D eigenvalue weighted by Gasteiger charge is -2.25. The standard InChI is InChI=1S/C8H14F3N3O/c9-8(10,11)4-14(5-1-2-5)3-6(12)7(13)15/h5-6H,1-4,12H2,(H2,13,15). The molecule has 0 bridgehead atoms. The average molecular weight is 225 g/mol. The largest absolute Gasteiger partial charge is 0.401 e. The van der Waals surface area contributed by atoms with Crippen molar-refractivity contribution in [2.24, 2.45) is 11.5 Å². The van der Waals surface area contributed by atoms with Crippen molar-refractivity contribution in [3.8, 4) is 0 Å². The van der Waals surface area contributed by atoms with E-state index in [1.54, 1.807) is 0 Å². The Kier molecular flexibility index (Phi) is 3.56. The van der Waals surface area contributed by atoms with E-state index in [9.17, 15) is 18.0 Å². The number of alkyl halides is 3. The maximum atomic E-state index is 12.1. The molecule has 0 aliphatic heterocycles. The zero-order valence-corrected chi connectivity index (χ0v) is 8.13. The predicted molar refractivity (Wildman–Crippen MR) is 47.8 cm³/mol. The van der Waals surface area contributed by atoms with Gasteiger partial charge in [-0.3, -0.25) is 9.69 Å². The van der Waals surface area contributed by atoms with Crippen molar-refractivity contribution in [1.29, 1.82) is 0 Å². The molecule has 1 rings (SSSR count). The molecule has 1 aliphatic rings. The normalized spacial score (nSPS) is 19.3. The summed E-state index contributed by atoms with van der Waals surface area (Å²) in [4.78, 5) is 11.8. The van der Waals surface area contributed by atoms with Gasteiger partial charge < -0.3 is 11.5 Å². The van der Waals surface area contributed by atoms with Gasteiger partial charge in [-0.15, -0.1) is 0 Å². The maximum absolute atomic E-state index is 12.1. The molecule has 0 saturated heterocycles. The fourth-order valence-corrected chi connectivity index (χ4v) is 1.36. The van der Waals surface area contributed by atoms with Gasteiger partial charge in [0.25, 0.3) is 0 Å². The second-order valence-electron chi connectivity index (χ2n) is 3.78. The van der Waals surface area contributed by atoms with Gasteiger partial charge in [0, 0.05) is 12.6 Å². The summed E-state index contributed by atoms with van der Waals surface area (Å²) >= 11 is 0. The van der Waals surface area contributed by atoms with E-state index < -0.39 is 24.7 Å². The van der Waals surface area contributed by atoms with Crippen molar-refractivity contribution in [2.45, 2.75) is 31.1 Å². The first-order chi connectivity index (χ1) is 6.79. The Morgan fingerprint density at radius 1 is 1.47 bits per heavy atom. The van der Waals surface area contributed by atoms with Gasteiger partial charge in [-0.05, 0) is 12.8 Å². The van der Waals surface area contributed by atoms with Crippen molar-refractivity contribution in [2.75, 3.05) is 13.1 Å². The lowest BCUT2D eigenvalue weighted by molar-refractivity contribution is -0.148. The number of primary amides is 1. The molecule has 1 fully saturated rings. The van der Waals surface area contributed by atoms with E-state index in [2.05, 4.69) is 0 Å². The monoisotopic (exact) mass is 225 g/mol. The van der Waals surface area contributed by atoms with Crippen molar-refractivity contribution < 1.29 is 18.0 Å². The maximum Gasteiger partial charge on any atom is 0.401 e. The molecule has 0 radical (unpaired) electrons. The van der Waals surface area contributed by atoms with Crippen LogP contribution >= 0.6 is 0 Å². The molecule has 15 heavy (non-hydrogen) atoms. The first-order valence-corrected chi connectivity index (χ1v) is 4.65. The van der Waals surface area contributed by atoms with Gasteiger partial charge in [-0.1, -0.05) is 0 Å². The van der Waals surface area contributed by atoms with Crippen LogP contribution in [-0.2, 0) is 4.79 Å². The molecule has 1 unspecified atom stereocenters. The van der Waals surface area contributed by atoms with Crippen LogP contribution in [0.5, 0.6) is 0 Å². The molecule has 1 saturated carbocycles. The summed E-state index contributed by atoms with van der Waals surface area (Å²) in [5, 5.41) is 0. The van der Waals surface area contributed by atoms with Crippen LogP contribution in [0.25, 0.3) is 0 Å². The van der Waals surface area contributed by atoms with Gasteiger partial charge in [0.15, 0.2) is 0 Å². The minimum absolute atomic E-state index is 0.1000. The van der Waals surface area contributed by atoms with Crippen molar-refractivity contribution in [1.82, 2.24) is 4.90 Å². The van der Waals surface area contributed by atoms with Crippen LogP contribution in [0.1, 0.15) is 12.8 Å². The topological polar surface area (TPSA) is 72.3 Å². The number of hydrogen-bond donors (Lipinski definition) is 2. The lowest BCUT2D eigenvalue weighted by Crippen LogP contribution is -2.49. The van der Waals surface area contributed by atoms with Crippen LogP contribution in [0, 0.1) is 0 Å². The van der Waals surface area contributed by atoms with Crippen LogP contribution in [0.4, 0.5) is 13.2 Å². The summed E-state index contributed by atoms with van der Waals surface area (Å²) in [7, 11) is 0. The van der Waals surface area contributed by atoms with Crippen LogP contribution in [0.15, 0.2) is 0 Å². The Hall–Kier alpha value is -0.820. The molecular weight excluding hydrogens is 211 g/mol. The van der Waals surface area contributed by atoms with E-state index in [0.29, 0.717) is 0 Å². The molecule has 88 valence electrons. The summed E-state index contributed by atoms with van der Waals surface area (Å²) < 4.78 is 36.4. The Labute approximate surface area is 85.4 Å². The number of halogens is 3. The third kappa shape index (κ3) is 4.48. The van der Waals surface area contributed by atoms with Crippen molar-refractivity contribution in [3.63, 3.8) is 0 Å². The number of amides is 1. The van der Waals surface area contributed by atoms with Crippen LogP contribution in [-0.4, -0.2) is 42.2 Å². The first kappa shape index (κ1) is 12.3. The molecule has 0 aromatic heterocycles. The molecule has 1 atom stereocenters. The molecule has 0 aromatic rings. The van der Waals surface area contributed by atoms with E-state index in [1.165, 1.54) is 4.90 Å². The number of carbonyl (C=O) groups is 1. The zero-order chi connectivity index (χ0) is 11.6. The highest BCUT2D eigenvalue weighted by Crippen LogP contribution is 2.29. The van der Waals surface area contributed by atoms with Crippen LogP contribution < -0.4 is 11.5 Å². The number of nitrogens with zero attached hydrogens (tertiary/aromatic N) is 1. The third-order valence-electron chi connectivity index (χ3n) is 2.24. The number of hydrogen-bond acceptors (Lipinski definition) is 3. The molecule has 4 N–H and O–H groups in total. The Morgan fingerprint density at radius 2 is 2.00 bits per heavy atom. The molecule has 0 aromatic carbocycles. The highest BCUT2D eigenvalue weighted by Gasteiger charge is 2.38. The fourth-order valence-electron chi connectivity index (χ4n) is 1.36. The number of carbonyl (C=O) groups excluding carboxylic acids is 1. The van der Waals surface area contributed by atoms with Crippen molar-refractivity contribution in [3.05, 3.63) is 0 Å².